The Kier molecular flexibility index (Phi) is 3.30. The molecular weight excluding hydrogens is 212 g/mol. The average Bonchev–Trinajstić information content (AvgIpc) is 2.71. The fourth-order valence-electron chi connectivity index (χ4n) is 2.47. The molecule has 4 nitrogen and oxygen atoms in total. The number of nitrogens with zero attached hydrogens (tertiary/aromatic N) is 4. The molecule has 2 rings (SSSR count). The predicted octanol–water partition coefficient (Wildman–Crippen LogP) is 1.34. The van der Waals surface area contributed by atoms with E-state index in [1.54, 1.807) is 12.3 Å². The van der Waals surface area contributed by atoms with E-state index < -0.39 is 0 Å². The summed E-state index contributed by atoms with van der Waals surface area (Å²) in [6, 6.07) is 6.33. The smallest absolute Gasteiger partial charge is 0.129 e. The van der Waals surface area contributed by atoms with Gasteiger partial charge < -0.3 is 9.80 Å². The van der Waals surface area contributed by atoms with Crippen molar-refractivity contribution < 1.29 is 0 Å². The van der Waals surface area contributed by atoms with Crippen LogP contribution >= 0.6 is 0 Å². The van der Waals surface area contributed by atoms with E-state index in [4.69, 9.17) is 5.26 Å². The van der Waals surface area contributed by atoms with Crippen molar-refractivity contribution in [1.29, 1.82) is 5.26 Å². The highest BCUT2D eigenvalue weighted by Crippen LogP contribution is 2.24. The van der Waals surface area contributed by atoms with E-state index >= 15 is 0 Å². The molecule has 2 heterocycles. The Balaban J connectivity index is 2.17. The highest BCUT2D eigenvalue weighted by molar-refractivity contribution is 5.46. The third kappa shape index (κ3) is 2.40. The molecule has 1 fully saturated rings. The minimum atomic E-state index is 0.558. The molecule has 1 aromatic rings. The molecule has 1 aromatic heterocycles. The summed E-state index contributed by atoms with van der Waals surface area (Å²) in [6.07, 6.45) is 1.71. The molecule has 0 spiro atoms. The summed E-state index contributed by atoms with van der Waals surface area (Å²) < 4.78 is 0. The Morgan fingerprint density at radius 2 is 2.24 bits per heavy atom. The van der Waals surface area contributed by atoms with Crippen LogP contribution in [0.25, 0.3) is 0 Å². The second-order valence-corrected chi connectivity index (χ2v) is 4.93. The first kappa shape index (κ1) is 11.9. The van der Waals surface area contributed by atoms with Gasteiger partial charge in [0.2, 0.25) is 0 Å². The Bertz CT molecular complexity index is 435. The summed E-state index contributed by atoms with van der Waals surface area (Å²) in [7, 11) is 4.23. The van der Waals surface area contributed by atoms with Gasteiger partial charge in [-0.25, -0.2) is 4.98 Å². The second-order valence-electron chi connectivity index (χ2n) is 4.93. The molecular formula is C13H18N4. The van der Waals surface area contributed by atoms with Gasteiger partial charge in [0.15, 0.2) is 0 Å². The van der Waals surface area contributed by atoms with Crippen LogP contribution in [0.4, 0.5) is 5.82 Å². The fourth-order valence-corrected chi connectivity index (χ4v) is 2.47. The molecule has 17 heavy (non-hydrogen) atoms. The lowest BCUT2D eigenvalue weighted by Gasteiger charge is -2.22. The monoisotopic (exact) mass is 230 g/mol. The summed E-state index contributed by atoms with van der Waals surface area (Å²) in [6.45, 7) is 4.25. The zero-order valence-electron chi connectivity index (χ0n) is 10.6. The maximum atomic E-state index is 8.89. The zero-order chi connectivity index (χ0) is 12.4. The normalized spacial score (nSPS) is 24.1. The van der Waals surface area contributed by atoms with Crippen LogP contribution in [0.2, 0.25) is 0 Å². The SMILES string of the molecule is CC1CN(c2cc(C#N)ccn2)CC1N(C)C. The summed E-state index contributed by atoms with van der Waals surface area (Å²) in [5, 5.41) is 8.89. The van der Waals surface area contributed by atoms with Crippen molar-refractivity contribution in [3.05, 3.63) is 23.9 Å². The van der Waals surface area contributed by atoms with Crippen molar-refractivity contribution in [2.75, 3.05) is 32.1 Å². The van der Waals surface area contributed by atoms with Crippen LogP contribution in [-0.4, -0.2) is 43.1 Å². The van der Waals surface area contributed by atoms with Crippen LogP contribution in [0.15, 0.2) is 18.3 Å². The summed E-state index contributed by atoms with van der Waals surface area (Å²) in [4.78, 5) is 8.88. The number of hydrogen-bond donors (Lipinski definition) is 0. The van der Waals surface area contributed by atoms with Gasteiger partial charge in [-0.05, 0) is 32.1 Å². The van der Waals surface area contributed by atoms with E-state index in [1.165, 1.54) is 0 Å². The van der Waals surface area contributed by atoms with Crippen molar-refractivity contribution in [1.82, 2.24) is 9.88 Å². The van der Waals surface area contributed by atoms with Gasteiger partial charge in [-0.3, -0.25) is 0 Å². The zero-order valence-corrected chi connectivity index (χ0v) is 10.6. The van der Waals surface area contributed by atoms with Crippen molar-refractivity contribution >= 4 is 5.82 Å². The molecule has 0 saturated carbocycles. The minimum Gasteiger partial charge on any atom is -0.355 e. The molecule has 2 atom stereocenters. The van der Waals surface area contributed by atoms with Crippen LogP contribution in [0.3, 0.4) is 0 Å². The lowest BCUT2D eigenvalue weighted by molar-refractivity contribution is 0.266. The van der Waals surface area contributed by atoms with E-state index in [0.717, 1.165) is 18.9 Å². The molecule has 0 bridgehead atoms. The minimum absolute atomic E-state index is 0.558. The predicted molar refractivity (Wildman–Crippen MR) is 67.8 cm³/mol. The maximum absolute atomic E-state index is 8.89. The summed E-state index contributed by atoms with van der Waals surface area (Å²) in [5.74, 6) is 1.54. The molecule has 90 valence electrons. The Morgan fingerprint density at radius 3 is 2.82 bits per heavy atom. The van der Waals surface area contributed by atoms with Crippen LogP contribution in [0, 0.1) is 17.2 Å². The van der Waals surface area contributed by atoms with Crippen molar-refractivity contribution in [3.63, 3.8) is 0 Å². The van der Waals surface area contributed by atoms with E-state index in [-0.39, 0.29) is 0 Å². The number of aromatic nitrogens is 1. The molecule has 0 amide bonds. The Morgan fingerprint density at radius 1 is 1.47 bits per heavy atom. The van der Waals surface area contributed by atoms with Gasteiger partial charge in [-0.15, -0.1) is 0 Å². The molecule has 0 radical (unpaired) electrons. The molecule has 2 unspecified atom stereocenters. The van der Waals surface area contributed by atoms with Crippen LogP contribution in [0.5, 0.6) is 0 Å². The van der Waals surface area contributed by atoms with Gasteiger partial charge >= 0.3 is 0 Å². The van der Waals surface area contributed by atoms with Gasteiger partial charge in [-0.1, -0.05) is 6.92 Å². The third-order valence-electron chi connectivity index (χ3n) is 3.43. The number of nitriles is 1. The van der Waals surface area contributed by atoms with Crippen molar-refractivity contribution in [2.24, 2.45) is 5.92 Å². The third-order valence-corrected chi connectivity index (χ3v) is 3.43. The molecule has 0 N–H and O–H groups in total. The molecule has 4 heteroatoms. The standard InChI is InChI=1S/C13H18N4/c1-10-8-17(9-12(10)16(2)3)13-6-11(7-14)4-5-15-13/h4-6,10,12H,8-9H2,1-3H3. The van der Waals surface area contributed by atoms with Crippen LogP contribution in [0.1, 0.15) is 12.5 Å². The molecule has 1 saturated heterocycles. The number of rotatable bonds is 2. The topological polar surface area (TPSA) is 43.2 Å². The lowest BCUT2D eigenvalue weighted by Crippen LogP contribution is -2.34. The molecule has 0 aliphatic carbocycles. The first-order chi connectivity index (χ1) is 8.11. The Labute approximate surface area is 102 Å². The van der Waals surface area contributed by atoms with Gasteiger partial charge in [0.1, 0.15) is 5.82 Å². The van der Waals surface area contributed by atoms with Gasteiger partial charge in [0.25, 0.3) is 0 Å². The van der Waals surface area contributed by atoms with Crippen LogP contribution in [-0.2, 0) is 0 Å². The highest BCUT2D eigenvalue weighted by Gasteiger charge is 2.31. The highest BCUT2D eigenvalue weighted by atomic mass is 15.3. The van der Waals surface area contributed by atoms with E-state index in [9.17, 15) is 0 Å². The fraction of sp³-hybridized carbons (Fsp3) is 0.538. The van der Waals surface area contributed by atoms with Gasteiger partial charge in [0.05, 0.1) is 11.6 Å². The first-order valence-electron chi connectivity index (χ1n) is 5.89. The van der Waals surface area contributed by atoms with Gasteiger partial charge in [-0.2, -0.15) is 5.26 Å². The lowest BCUT2D eigenvalue weighted by atomic mass is 10.1. The first-order valence-corrected chi connectivity index (χ1v) is 5.89. The maximum Gasteiger partial charge on any atom is 0.129 e. The largest absolute Gasteiger partial charge is 0.355 e. The van der Waals surface area contributed by atoms with Crippen LogP contribution < -0.4 is 4.90 Å². The summed E-state index contributed by atoms with van der Waals surface area (Å²) in [5.41, 5.74) is 0.677. The van der Waals surface area contributed by atoms with E-state index in [2.05, 4.69) is 41.9 Å². The number of likely N-dealkylation sites (N-methyl/N-ethyl adjacent to an activating group) is 1. The quantitative estimate of drug-likeness (QED) is 0.769. The number of pyridine rings is 1. The van der Waals surface area contributed by atoms with E-state index in [1.807, 2.05) is 6.07 Å². The summed E-state index contributed by atoms with van der Waals surface area (Å²) >= 11 is 0. The number of hydrogen-bond acceptors (Lipinski definition) is 4. The van der Waals surface area contributed by atoms with Gasteiger partial charge in [0, 0.05) is 25.3 Å². The number of anilines is 1. The van der Waals surface area contributed by atoms with Crippen molar-refractivity contribution in [2.45, 2.75) is 13.0 Å². The van der Waals surface area contributed by atoms with E-state index in [0.29, 0.717) is 17.5 Å². The molecule has 1 aliphatic rings. The Hall–Kier alpha value is -1.60. The average molecular weight is 230 g/mol. The molecule has 1 aliphatic heterocycles. The second kappa shape index (κ2) is 4.72. The van der Waals surface area contributed by atoms with Crippen molar-refractivity contribution in [3.8, 4) is 6.07 Å². The molecule has 0 aromatic carbocycles.